The molecule has 0 radical (unpaired) electrons. The Balaban J connectivity index is 3.42. The van der Waals surface area contributed by atoms with Crippen LogP contribution in [0.4, 0.5) is 0 Å². The van der Waals surface area contributed by atoms with Gasteiger partial charge in [-0.05, 0) is 12.1 Å². The van der Waals surface area contributed by atoms with Crippen LogP contribution in [-0.2, 0) is 9.84 Å². The Bertz CT molecular complexity index is 449. The van der Waals surface area contributed by atoms with Gasteiger partial charge in [0, 0.05) is 0 Å². The summed E-state index contributed by atoms with van der Waals surface area (Å²) in [5.41, 5.74) is -0.332. The van der Waals surface area contributed by atoms with Crippen molar-refractivity contribution in [2.75, 3.05) is 5.94 Å². The molecule has 0 fully saturated rings. The molecule has 0 unspecified atom stereocenters. The molecule has 0 spiro atoms. The van der Waals surface area contributed by atoms with Crippen LogP contribution in [0.2, 0.25) is 0 Å². The van der Waals surface area contributed by atoms with Gasteiger partial charge in [-0.25, -0.2) is 13.2 Å². The van der Waals surface area contributed by atoms with E-state index in [-0.39, 0.29) is 10.5 Å². The van der Waals surface area contributed by atoms with E-state index in [1.165, 1.54) is 18.2 Å². The van der Waals surface area contributed by atoms with Crippen molar-refractivity contribution in [3.8, 4) is 0 Å². The molecule has 2 N–H and O–H groups in total. The molecule has 0 saturated heterocycles. The van der Waals surface area contributed by atoms with Gasteiger partial charge < -0.3 is 10.2 Å². The van der Waals surface area contributed by atoms with Crippen LogP contribution in [0.3, 0.4) is 0 Å². The lowest BCUT2D eigenvalue weighted by Gasteiger charge is -2.03. The first-order valence-corrected chi connectivity index (χ1v) is 5.30. The number of sulfone groups is 1. The molecule has 0 aliphatic rings. The number of carbonyl (C=O) groups is 1. The summed E-state index contributed by atoms with van der Waals surface area (Å²) < 4.78 is 22.4. The molecule has 0 amide bonds. The number of carboxylic acids is 1. The normalized spacial score (nSPS) is 11.2. The number of aliphatic hydroxyl groups is 1. The van der Waals surface area contributed by atoms with Crippen LogP contribution in [0, 0.1) is 0 Å². The summed E-state index contributed by atoms with van der Waals surface area (Å²) in [4.78, 5) is 10.3. The second-order valence-corrected chi connectivity index (χ2v) is 4.47. The fourth-order valence-corrected chi connectivity index (χ4v) is 1.90. The second-order valence-electron chi connectivity index (χ2n) is 2.55. The van der Waals surface area contributed by atoms with E-state index in [1.54, 1.807) is 0 Å². The van der Waals surface area contributed by atoms with Crippen LogP contribution >= 0.6 is 0 Å². The van der Waals surface area contributed by atoms with Crippen LogP contribution in [0.15, 0.2) is 29.2 Å². The van der Waals surface area contributed by atoms with Crippen molar-refractivity contribution < 1.29 is 23.4 Å². The van der Waals surface area contributed by atoms with Crippen LogP contribution in [0.1, 0.15) is 10.4 Å². The van der Waals surface area contributed by atoms with Crippen molar-refractivity contribution in [1.82, 2.24) is 0 Å². The van der Waals surface area contributed by atoms with Gasteiger partial charge >= 0.3 is 5.97 Å². The minimum atomic E-state index is -3.90. The minimum absolute atomic E-state index is 0.332. The highest BCUT2D eigenvalue weighted by atomic mass is 32.2. The van der Waals surface area contributed by atoms with E-state index in [2.05, 4.69) is 0 Å². The number of rotatable bonds is 3. The number of hydrogen-bond donors (Lipinski definition) is 2. The largest absolute Gasteiger partial charge is 0.478 e. The summed E-state index contributed by atoms with van der Waals surface area (Å²) in [6, 6.07) is 5.13. The Kier molecular flexibility index (Phi) is 2.87. The molecule has 0 heterocycles. The van der Waals surface area contributed by atoms with Gasteiger partial charge in [-0.1, -0.05) is 12.1 Å². The lowest BCUT2D eigenvalue weighted by Crippen LogP contribution is -2.11. The summed E-state index contributed by atoms with van der Waals surface area (Å²) in [6.45, 7) is 0. The summed E-state index contributed by atoms with van der Waals surface area (Å²) in [6.07, 6.45) is 0. The van der Waals surface area contributed by atoms with Gasteiger partial charge in [0.2, 0.25) is 9.84 Å². The van der Waals surface area contributed by atoms with Gasteiger partial charge in [0.05, 0.1) is 10.5 Å². The molecule has 76 valence electrons. The minimum Gasteiger partial charge on any atom is -0.478 e. The van der Waals surface area contributed by atoms with Gasteiger partial charge in [-0.3, -0.25) is 0 Å². The third-order valence-electron chi connectivity index (χ3n) is 1.62. The SMILES string of the molecule is O=C(O)c1ccccc1S(=O)(=O)CO. The molecule has 14 heavy (non-hydrogen) atoms. The van der Waals surface area contributed by atoms with Crippen molar-refractivity contribution in [3.05, 3.63) is 29.8 Å². The van der Waals surface area contributed by atoms with Crippen molar-refractivity contribution in [1.29, 1.82) is 0 Å². The molecule has 1 rings (SSSR count). The molecule has 0 aliphatic heterocycles. The maximum absolute atomic E-state index is 11.2. The predicted molar refractivity (Wildman–Crippen MR) is 47.7 cm³/mol. The molecule has 0 atom stereocenters. The van der Waals surface area contributed by atoms with Gasteiger partial charge in [-0.15, -0.1) is 0 Å². The number of aromatic carboxylic acids is 1. The molecule has 0 aliphatic carbocycles. The first-order valence-electron chi connectivity index (χ1n) is 3.65. The van der Waals surface area contributed by atoms with Crippen LogP contribution in [0.25, 0.3) is 0 Å². The lowest BCUT2D eigenvalue weighted by atomic mass is 10.2. The molecule has 1 aromatic carbocycles. The molecule has 6 heteroatoms. The average molecular weight is 216 g/mol. The van der Waals surface area contributed by atoms with E-state index in [0.29, 0.717) is 0 Å². The zero-order valence-corrected chi connectivity index (χ0v) is 7.86. The third kappa shape index (κ3) is 1.91. The summed E-state index contributed by atoms with van der Waals surface area (Å²) in [5, 5.41) is 17.3. The highest BCUT2D eigenvalue weighted by Gasteiger charge is 2.20. The average Bonchev–Trinajstić information content (AvgIpc) is 2.18. The standard InChI is InChI=1S/C8H8O5S/c9-5-14(12,13)7-4-2-1-3-6(7)8(10)11/h1-4,9H,5H2,(H,10,11). The zero-order valence-electron chi connectivity index (χ0n) is 7.04. The zero-order chi connectivity index (χ0) is 10.8. The molecular formula is C8H8O5S. The van der Waals surface area contributed by atoms with E-state index < -0.39 is 21.7 Å². The molecular weight excluding hydrogens is 208 g/mol. The smallest absolute Gasteiger partial charge is 0.337 e. The van der Waals surface area contributed by atoms with Crippen molar-refractivity contribution in [2.24, 2.45) is 0 Å². The Morgan fingerprint density at radius 3 is 2.36 bits per heavy atom. The number of hydrogen-bond acceptors (Lipinski definition) is 4. The van der Waals surface area contributed by atoms with E-state index >= 15 is 0 Å². The van der Waals surface area contributed by atoms with Crippen molar-refractivity contribution in [2.45, 2.75) is 4.90 Å². The first kappa shape index (κ1) is 10.7. The summed E-state index contributed by atoms with van der Waals surface area (Å²) in [5.74, 6) is -2.44. The van der Waals surface area contributed by atoms with Gasteiger partial charge in [-0.2, -0.15) is 0 Å². The van der Waals surface area contributed by atoms with Crippen LogP contribution < -0.4 is 0 Å². The highest BCUT2D eigenvalue weighted by molar-refractivity contribution is 7.91. The first-order chi connectivity index (χ1) is 6.49. The third-order valence-corrected chi connectivity index (χ3v) is 2.99. The van der Waals surface area contributed by atoms with Crippen LogP contribution in [0.5, 0.6) is 0 Å². The topological polar surface area (TPSA) is 91.7 Å². The number of aliphatic hydroxyl groups excluding tert-OH is 1. The monoisotopic (exact) mass is 216 g/mol. The molecule has 1 aromatic rings. The van der Waals surface area contributed by atoms with E-state index in [9.17, 15) is 13.2 Å². The Morgan fingerprint density at radius 2 is 1.86 bits per heavy atom. The maximum Gasteiger partial charge on any atom is 0.337 e. The predicted octanol–water partition coefficient (Wildman–Crippen LogP) is 0.108. The Hall–Kier alpha value is -1.40. The van der Waals surface area contributed by atoms with E-state index in [4.69, 9.17) is 10.2 Å². The molecule has 0 aromatic heterocycles. The highest BCUT2D eigenvalue weighted by Crippen LogP contribution is 2.16. The maximum atomic E-state index is 11.2. The van der Waals surface area contributed by atoms with Gasteiger partial charge in [0.15, 0.2) is 0 Å². The number of benzene rings is 1. The van der Waals surface area contributed by atoms with Gasteiger partial charge in [0.1, 0.15) is 5.94 Å². The molecule has 0 bridgehead atoms. The van der Waals surface area contributed by atoms with Crippen molar-refractivity contribution >= 4 is 15.8 Å². The van der Waals surface area contributed by atoms with E-state index in [0.717, 1.165) is 6.07 Å². The fraction of sp³-hybridized carbons (Fsp3) is 0.125. The molecule has 5 nitrogen and oxygen atoms in total. The lowest BCUT2D eigenvalue weighted by molar-refractivity contribution is 0.0692. The van der Waals surface area contributed by atoms with Gasteiger partial charge in [0.25, 0.3) is 0 Å². The molecule has 0 saturated carbocycles. The van der Waals surface area contributed by atoms with E-state index in [1.807, 2.05) is 0 Å². The van der Waals surface area contributed by atoms with Crippen molar-refractivity contribution in [3.63, 3.8) is 0 Å². The number of carboxylic acid groups (broad SMARTS) is 1. The summed E-state index contributed by atoms with van der Waals surface area (Å²) >= 11 is 0. The summed E-state index contributed by atoms with van der Waals surface area (Å²) in [7, 11) is -3.90. The quantitative estimate of drug-likeness (QED) is 0.748. The Morgan fingerprint density at radius 1 is 1.29 bits per heavy atom. The fourth-order valence-electron chi connectivity index (χ4n) is 0.984. The Labute approximate surface area is 80.5 Å². The second kappa shape index (κ2) is 3.77. The van der Waals surface area contributed by atoms with Crippen LogP contribution in [-0.4, -0.2) is 30.5 Å².